The van der Waals surface area contributed by atoms with Crippen molar-refractivity contribution >= 4 is 11.8 Å². The lowest BCUT2D eigenvalue weighted by Gasteiger charge is -2.21. The minimum Gasteiger partial charge on any atom is -0.456 e. The van der Waals surface area contributed by atoms with Crippen LogP contribution < -0.4 is 5.32 Å². The maximum atomic E-state index is 11.9. The average Bonchev–Trinajstić information content (AvgIpc) is 2.74. The van der Waals surface area contributed by atoms with E-state index >= 15 is 0 Å². The fourth-order valence-electron chi connectivity index (χ4n) is 2.02. The molecule has 1 N–H and O–H groups in total. The van der Waals surface area contributed by atoms with Crippen molar-refractivity contribution in [3.8, 4) is 0 Å². The summed E-state index contributed by atoms with van der Waals surface area (Å²) in [4.78, 5) is 23.6. The number of carbonyl (C=O) groups excluding carboxylic acids is 2. The lowest BCUT2D eigenvalue weighted by atomic mass is 10.1. The highest BCUT2D eigenvalue weighted by atomic mass is 16.5. The SMILES string of the molecule is O=C(COC(=O)C1CCCCN1)C1=CC=C=CC=C1. The van der Waals surface area contributed by atoms with Gasteiger partial charge in [-0.3, -0.25) is 9.59 Å². The van der Waals surface area contributed by atoms with Crippen LogP contribution in [-0.4, -0.2) is 30.9 Å². The number of allylic oxidation sites excluding steroid dienone is 4. The molecule has 19 heavy (non-hydrogen) atoms. The van der Waals surface area contributed by atoms with Gasteiger partial charge in [-0.05, 0) is 37.6 Å². The molecule has 1 aliphatic heterocycles. The molecule has 4 nitrogen and oxygen atoms in total. The largest absolute Gasteiger partial charge is 0.456 e. The number of rotatable bonds is 4. The van der Waals surface area contributed by atoms with Crippen molar-refractivity contribution in [1.82, 2.24) is 5.32 Å². The third kappa shape index (κ3) is 4.05. The Labute approximate surface area is 112 Å². The van der Waals surface area contributed by atoms with Crippen LogP contribution in [0.4, 0.5) is 0 Å². The molecule has 4 heteroatoms. The minimum absolute atomic E-state index is 0.200. The highest BCUT2D eigenvalue weighted by Crippen LogP contribution is 2.09. The van der Waals surface area contributed by atoms with Crippen LogP contribution in [0, 0.1) is 0 Å². The zero-order valence-electron chi connectivity index (χ0n) is 10.7. The van der Waals surface area contributed by atoms with E-state index in [2.05, 4.69) is 11.0 Å². The molecule has 1 fully saturated rings. The average molecular weight is 259 g/mol. The van der Waals surface area contributed by atoms with Crippen LogP contribution in [-0.2, 0) is 14.3 Å². The van der Waals surface area contributed by atoms with E-state index in [1.54, 1.807) is 30.4 Å². The molecule has 0 spiro atoms. The second kappa shape index (κ2) is 6.88. The zero-order chi connectivity index (χ0) is 13.5. The molecule has 0 aromatic rings. The number of Topliss-reactive ketones (excluding diaryl/α,β-unsaturated/α-hetero) is 1. The van der Waals surface area contributed by atoms with E-state index in [1.165, 1.54) is 0 Å². The number of esters is 1. The molecule has 1 atom stereocenters. The highest BCUT2D eigenvalue weighted by molar-refractivity contribution is 6.00. The Morgan fingerprint density at radius 2 is 2.26 bits per heavy atom. The van der Waals surface area contributed by atoms with E-state index in [-0.39, 0.29) is 24.4 Å². The molecule has 1 heterocycles. The summed E-state index contributed by atoms with van der Waals surface area (Å²) < 4.78 is 5.07. The lowest BCUT2D eigenvalue weighted by Crippen LogP contribution is -2.42. The number of hydrogen-bond donors (Lipinski definition) is 1. The third-order valence-corrected chi connectivity index (χ3v) is 3.09. The standard InChI is InChI=1S/C15H17NO3/c17-14(12-7-3-1-2-4-8-12)11-19-15(18)13-9-5-6-10-16-13/h1,3-4,7-8,13,16H,5-6,9-11H2. The van der Waals surface area contributed by atoms with Crippen molar-refractivity contribution in [3.63, 3.8) is 0 Å². The minimum atomic E-state index is -0.333. The molecule has 0 bridgehead atoms. The first-order valence-electron chi connectivity index (χ1n) is 6.50. The quantitative estimate of drug-likeness (QED) is 0.613. The predicted octanol–water partition coefficient (Wildman–Crippen LogP) is 1.45. The van der Waals surface area contributed by atoms with E-state index in [0.717, 1.165) is 25.8 Å². The maximum Gasteiger partial charge on any atom is 0.323 e. The Bertz CT molecular complexity index is 476. The number of nitrogens with one attached hydrogen (secondary N) is 1. The number of piperidine rings is 1. The van der Waals surface area contributed by atoms with Gasteiger partial charge in [-0.2, -0.15) is 0 Å². The van der Waals surface area contributed by atoms with Crippen molar-refractivity contribution in [2.24, 2.45) is 0 Å². The van der Waals surface area contributed by atoms with Gasteiger partial charge in [-0.25, -0.2) is 0 Å². The second-order valence-electron chi connectivity index (χ2n) is 4.51. The van der Waals surface area contributed by atoms with Gasteiger partial charge in [0.1, 0.15) is 6.04 Å². The smallest absolute Gasteiger partial charge is 0.323 e. The van der Waals surface area contributed by atoms with Gasteiger partial charge in [0.05, 0.1) is 0 Å². The first-order chi connectivity index (χ1) is 9.27. The van der Waals surface area contributed by atoms with Gasteiger partial charge in [-0.15, -0.1) is 5.73 Å². The second-order valence-corrected chi connectivity index (χ2v) is 4.51. The Morgan fingerprint density at radius 3 is 3.05 bits per heavy atom. The maximum absolute atomic E-state index is 11.9. The lowest BCUT2D eigenvalue weighted by molar-refractivity contribution is -0.149. The Balaban J connectivity index is 1.81. The van der Waals surface area contributed by atoms with Gasteiger partial charge in [-0.1, -0.05) is 18.6 Å². The molecule has 0 amide bonds. The summed E-state index contributed by atoms with van der Waals surface area (Å²) in [5.74, 6) is -0.534. The van der Waals surface area contributed by atoms with Crippen molar-refractivity contribution in [2.75, 3.05) is 13.2 Å². The van der Waals surface area contributed by atoms with Crippen LogP contribution in [0.5, 0.6) is 0 Å². The first-order valence-corrected chi connectivity index (χ1v) is 6.50. The zero-order valence-corrected chi connectivity index (χ0v) is 10.7. The van der Waals surface area contributed by atoms with Gasteiger partial charge < -0.3 is 10.1 Å². The number of ether oxygens (including phenoxy) is 1. The molecule has 0 saturated carbocycles. The van der Waals surface area contributed by atoms with Crippen molar-refractivity contribution < 1.29 is 14.3 Å². The summed E-state index contributed by atoms with van der Waals surface area (Å²) in [6, 6.07) is -0.262. The van der Waals surface area contributed by atoms with Gasteiger partial charge in [0.2, 0.25) is 0 Å². The van der Waals surface area contributed by atoms with Crippen LogP contribution in [0.3, 0.4) is 0 Å². The Morgan fingerprint density at radius 1 is 1.37 bits per heavy atom. The van der Waals surface area contributed by atoms with E-state index in [0.29, 0.717) is 5.57 Å². The fraction of sp³-hybridized carbons (Fsp3) is 0.400. The molecule has 0 aromatic carbocycles. The van der Waals surface area contributed by atoms with Gasteiger partial charge >= 0.3 is 5.97 Å². The normalized spacial score (nSPS) is 21.7. The van der Waals surface area contributed by atoms with Crippen LogP contribution in [0.2, 0.25) is 0 Å². The van der Waals surface area contributed by atoms with Gasteiger partial charge in [0.25, 0.3) is 0 Å². The fourth-order valence-corrected chi connectivity index (χ4v) is 2.02. The van der Waals surface area contributed by atoms with Crippen molar-refractivity contribution in [1.29, 1.82) is 0 Å². The summed E-state index contributed by atoms with van der Waals surface area (Å²) in [7, 11) is 0. The monoisotopic (exact) mass is 259 g/mol. The first kappa shape index (κ1) is 13.5. The van der Waals surface area contributed by atoms with Gasteiger partial charge in [0.15, 0.2) is 12.4 Å². The molecule has 1 aliphatic carbocycles. The van der Waals surface area contributed by atoms with Crippen LogP contribution in [0.25, 0.3) is 0 Å². The molecule has 1 saturated heterocycles. The Kier molecular flexibility index (Phi) is 4.90. The molecule has 0 radical (unpaired) electrons. The van der Waals surface area contributed by atoms with E-state index in [9.17, 15) is 9.59 Å². The molecular formula is C15H17NO3. The molecule has 2 rings (SSSR count). The van der Waals surface area contributed by atoms with Crippen LogP contribution in [0.1, 0.15) is 19.3 Å². The van der Waals surface area contributed by atoms with Crippen LogP contribution in [0.15, 0.2) is 41.7 Å². The van der Waals surface area contributed by atoms with Crippen molar-refractivity contribution in [2.45, 2.75) is 25.3 Å². The topological polar surface area (TPSA) is 55.4 Å². The van der Waals surface area contributed by atoms with Gasteiger partial charge in [0, 0.05) is 5.57 Å². The summed E-state index contributed by atoms with van der Waals surface area (Å²) in [5, 5.41) is 3.10. The number of carbonyl (C=O) groups is 2. The Hall–Kier alpha value is -1.90. The molecule has 100 valence electrons. The summed E-state index contributed by atoms with van der Waals surface area (Å²) in [5.41, 5.74) is 3.38. The number of hydrogen-bond acceptors (Lipinski definition) is 4. The highest BCUT2D eigenvalue weighted by Gasteiger charge is 2.22. The predicted molar refractivity (Wildman–Crippen MR) is 71.5 cm³/mol. The van der Waals surface area contributed by atoms with Crippen molar-refractivity contribution in [3.05, 3.63) is 41.7 Å². The molecule has 1 unspecified atom stereocenters. The molecular weight excluding hydrogens is 242 g/mol. The van der Waals surface area contributed by atoms with E-state index < -0.39 is 0 Å². The number of ketones is 1. The summed E-state index contributed by atoms with van der Waals surface area (Å²) in [6.07, 6.45) is 11.3. The third-order valence-electron chi connectivity index (χ3n) is 3.09. The van der Waals surface area contributed by atoms with Crippen LogP contribution >= 0.6 is 0 Å². The molecule has 0 aromatic heterocycles. The summed E-state index contributed by atoms with van der Waals surface area (Å²) >= 11 is 0. The van der Waals surface area contributed by atoms with E-state index in [1.807, 2.05) is 0 Å². The summed E-state index contributed by atoms with van der Waals surface area (Å²) in [6.45, 7) is 0.624. The molecule has 2 aliphatic rings. The van der Waals surface area contributed by atoms with E-state index in [4.69, 9.17) is 4.74 Å².